The minimum Gasteiger partial charge on any atom is -0.381 e. The highest BCUT2D eigenvalue weighted by molar-refractivity contribution is 7.10. The van der Waals surface area contributed by atoms with Gasteiger partial charge in [0, 0.05) is 12.7 Å². The van der Waals surface area contributed by atoms with Gasteiger partial charge in [0.25, 0.3) is 0 Å². The van der Waals surface area contributed by atoms with Gasteiger partial charge < -0.3 is 5.11 Å². The Kier molecular flexibility index (Phi) is 3.33. The van der Waals surface area contributed by atoms with Gasteiger partial charge in [-0.15, -0.1) is 11.3 Å². The number of aliphatic hydroxyl groups is 1. The highest BCUT2D eigenvalue weighted by Gasteiger charge is 2.20. The average Bonchev–Trinajstić information content (AvgIpc) is 2.86. The number of nitrogens with zero attached hydrogens (tertiary/aromatic N) is 2. The molecule has 1 unspecified atom stereocenters. The van der Waals surface area contributed by atoms with E-state index >= 15 is 0 Å². The third-order valence-corrected chi connectivity index (χ3v) is 4.27. The van der Waals surface area contributed by atoms with Crippen LogP contribution in [-0.4, -0.2) is 14.9 Å². The van der Waals surface area contributed by atoms with E-state index in [0.29, 0.717) is 5.02 Å². The first kappa shape index (κ1) is 11.6. The van der Waals surface area contributed by atoms with Crippen LogP contribution in [0.3, 0.4) is 0 Å². The van der Waals surface area contributed by atoms with Crippen LogP contribution in [0.1, 0.15) is 29.2 Å². The third-order valence-electron chi connectivity index (χ3n) is 2.50. The quantitative estimate of drug-likeness (QED) is 0.917. The lowest BCUT2D eigenvalue weighted by Crippen LogP contribution is -2.08. The Labute approximate surface area is 103 Å². The van der Waals surface area contributed by atoms with Crippen LogP contribution in [0.4, 0.5) is 0 Å². The molecule has 0 radical (unpaired) electrons. The molecule has 0 bridgehead atoms. The van der Waals surface area contributed by atoms with E-state index in [-0.39, 0.29) is 0 Å². The average molecular weight is 257 g/mol. The van der Waals surface area contributed by atoms with E-state index in [1.807, 2.05) is 25.3 Å². The molecule has 0 aromatic carbocycles. The minimum absolute atomic E-state index is 0.654. The van der Waals surface area contributed by atoms with Gasteiger partial charge in [0.2, 0.25) is 0 Å². The third kappa shape index (κ3) is 1.88. The van der Waals surface area contributed by atoms with Crippen molar-refractivity contribution in [2.75, 3.05) is 0 Å². The lowest BCUT2D eigenvalue weighted by atomic mass is 10.2. The van der Waals surface area contributed by atoms with Gasteiger partial charge in [-0.2, -0.15) is 5.10 Å². The molecule has 0 amide bonds. The van der Waals surface area contributed by atoms with Gasteiger partial charge in [-0.1, -0.05) is 11.6 Å². The molecule has 5 heteroatoms. The summed E-state index contributed by atoms with van der Waals surface area (Å²) in [5, 5.41) is 17.0. The number of aromatic nitrogens is 2. The summed E-state index contributed by atoms with van der Waals surface area (Å²) < 4.78 is 1.77. The van der Waals surface area contributed by atoms with Gasteiger partial charge in [0.05, 0.1) is 15.6 Å². The molecule has 2 aromatic rings. The topological polar surface area (TPSA) is 38.0 Å². The largest absolute Gasteiger partial charge is 0.381 e. The van der Waals surface area contributed by atoms with Crippen LogP contribution in [-0.2, 0) is 6.54 Å². The number of rotatable bonds is 3. The highest BCUT2D eigenvalue weighted by Crippen LogP contribution is 2.35. The Balaban J connectivity index is 2.39. The van der Waals surface area contributed by atoms with Crippen molar-refractivity contribution in [2.45, 2.75) is 26.5 Å². The van der Waals surface area contributed by atoms with Crippen LogP contribution in [0.15, 0.2) is 17.6 Å². The van der Waals surface area contributed by atoms with Gasteiger partial charge in [-0.05, 0) is 30.9 Å². The number of aliphatic hydroxyl groups excluding tert-OH is 1. The van der Waals surface area contributed by atoms with E-state index in [9.17, 15) is 5.11 Å². The molecule has 86 valence electrons. The summed E-state index contributed by atoms with van der Waals surface area (Å²) in [5.41, 5.74) is 1.79. The van der Waals surface area contributed by atoms with E-state index < -0.39 is 6.10 Å². The zero-order chi connectivity index (χ0) is 11.7. The molecule has 0 saturated carbocycles. The molecule has 0 aliphatic rings. The Morgan fingerprint density at radius 3 is 2.94 bits per heavy atom. The summed E-state index contributed by atoms with van der Waals surface area (Å²) in [4.78, 5) is 0.786. The van der Waals surface area contributed by atoms with Gasteiger partial charge in [-0.25, -0.2) is 0 Å². The second kappa shape index (κ2) is 4.57. The fourth-order valence-electron chi connectivity index (χ4n) is 1.61. The summed E-state index contributed by atoms with van der Waals surface area (Å²) in [6.07, 6.45) is 1.00. The Morgan fingerprint density at radius 2 is 2.38 bits per heavy atom. The summed E-state index contributed by atoms with van der Waals surface area (Å²) >= 11 is 7.62. The number of hydrogen-bond acceptors (Lipinski definition) is 3. The van der Waals surface area contributed by atoms with Crippen molar-refractivity contribution in [3.05, 3.63) is 38.8 Å². The van der Waals surface area contributed by atoms with Gasteiger partial charge in [-0.3, -0.25) is 4.68 Å². The molecule has 0 aliphatic carbocycles. The molecule has 16 heavy (non-hydrogen) atoms. The predicted octanol–water partition coefficient (Wildman–Crippen LogP) is 3.01. The zero-order valence-corrected chi connectivity index (χ0v) is 10.7. The van der Waals surface area contributed by atoms with Gasteiger partial charge in [0.15, 0.2) is 0 Å². The predicted molar refractivity (Wildman–Crippen MR) is 66.0 cm³/mol. The second-order valence-electron chi connectivity index (χ2n) is 3.57. The Morgan fingerprint density at radius 1 is 1.62 bits per heavy atom. The van der Waals surface area contributed by atoms with Crippen molar-refractivity contribution in [1.29, 1.82) is 0 Å². The summed E-state index contributed by atoms with van der Waals surface area (Å²) in [5.74, 6) is 0. The SMILES string of the molecule is CCn1nccc1C(O)c1scc(C)c1Cl. The maximum atomic E-state index is 10.3. The van der Waals surface area contributed by atoms with Crippen molar-refractivity contribution in [3.8, 4) is 0 Å². The van der Waals surface area contributed by atoms with Crippen LogP contribution in [0.2, 0.25) is 5.02 Å². The normalized spacial score (nSPS) is 13.0. The molecule has 2 rings (SSSR count). The molecule has 0 aliphatic heterocycles. The van der Waals surface area contributed by atoms with Crippen LogP contribution >= 0.6 is 22.9 Å². The molecule has 3 nitrogen and oxygen atoms in total. The van der Waals surface area contributed by atoms with Crippen molar-refractivity contribution in [3.63, 3.8) is 0 Å². The van der Waals surface area contributed by atoms with Crippen LogP contribution < -0.4 is 0 Å². The van der Waals surface area contributed by atoms with E-state index in [1.54, 1.807) is 10.9 Å². The lowest BCUT2D eigenvalue weighted by molar-refractivity contribution is 0.212. The van der Waals surface area contributed by atoms with E-state index in [1.165, 1.54) is 11.3 Å². The van der Waals surface area contributed by atoms with Crippen molar-refractivity contribution >= 4 is 22.9 Å². The summed E-state index contributed by atoms with van der Waals surface area (Å²) in [6.45, 7) is 4.66. The first-order chi connectivity index (χ1) is 7.65. The fourth-order valence-corrected chi connectivity index (χ4v) is 2.90. The van der Waals surface area contributed by atoms with E-state index in [0.717, 1.165) is 22.7 Å². The van der Waals surface area contributed by atoms with Crippen LogP contribution in [0.5, 0.6) is 0 Å². The first-order valence-electron chi connectivity index (χ1n) is 5.08. The molecule has 1 atom stereocenters. The molecular formula is C11H13ClN2OS. The Bertz CT molecular complexity index is 492. The second-order valence-corrected chi connectivity index (χ2v) is 4.86. The van der Waals surface area contributed by atoms with Gasteiger partial charge in [0.1, 0.15) is 6.10 Å². The lowest BCUT2D eigenvalue weighted by Gasteiger charge is -2.11. The van der Waals surface area contributed by atoms with E-state index in [4.69, 9.17) is 11.6 Å². The smallest absolute Gasteiger partial charge is 0.131 e. The minimum atomic E-state index is -0.686. The Hall–Kier alpha value is -0.840. The molecule has 0 spiro atoms. The molecule has 2 heterocycles. The summed E-state index contributed by atoms with van der Waals surface area (Å²) in [6, 6.07) is 1.82. The van der Waals surface area contributed by atoms with Crippen LogP contribution in [0.25, 0.3) is 0 Å². The first-order valence-corrected chi connectivity index (χ1v) is 6.34. The maximum absolute atomic E-state index is 10.3. The number of thiophene rings is 1. The van der Waals surface area contributed by atoms with Crippen molar-refractivity contribution in [1.82, 2.24) is 9.78 Å². The number of hydrogen-bond donors (Lipinski definition) is 1. The van der Waals surface area contributed by atoms with Crippen molar-refractivity contribution in [2.24, 2.45) is 0 Å². The van der Waals surface area contributed by atoms with Crippen molar-refractivity contribution < 1.29 is 5.11 Å². The number of aryl methyl sites for hydroxylation is 2. The maximum Gasteiger partial charge on any atom is 0.131 e. The molecule has 0 saturated heterocycles. The summed E-state index contributed by atoms with van der Waals surface area (Å²) in [7, 11) is 0. The highest BCUT2D eigenvalue weighted by atomic mass is 35.5. The molecule has 0 fully saturated rings. The van der Waals surface area contributed by atoms with E-state index in [2.05, 4.69) is 5.10 Å². The number of halogens is 1. The molecule has 1 N–H and O–H groups in total. The van der Waals surface area contributed by atoms with Gasteiger partial charge >= 0.3 is 0 Å². The molecular weight excluding hydrogens is 244 g/mol. The standard InChI is InChI=1S/C11H13ClN2OS/c1-3-14-8(4-5-13-14)10(15)11-9(12)7(2)6-16-11/h4-6,10,15H,3H2,1-2H3. The fraction of sp³-hybridized carbons (Fsp3) is 0.364. The monoisotopic (exact) mass is 256 g/mol. The molecule has 2 aromatic heterocycles. The van der Waals surface area contributed by atoms with Crippen LogP contribution in [0, 0.1) is 6.92 Å². The zero-order valence-electron chi connectivity index (χ0n) is 9.14.